The van der Waals surface area contributed by atoms with E-state index in [4.69, 9.17) is 46.0 Å². The predicted molar refractivity (Wildman–Crippen MR) is 73.6 cm³/mol. The van der Waals surface area contributed by atoms with Crippen LogP contribution in [0.4, 0.5) is 4.79 Å². The summed E-state index contributed by atoms with van der Waals surface area (Å²) >= 11 is 10.7. The lowest BCUT2D eigenvalue weighted by Crippen LogP contribution is -2.42. The SMILES string of the molecule is CO[Si](CCCOC(CCCl)OC(=O)Cl)(OC)OC. The highest BCUT2D eigenvalue weighted by atomic mass is 35.5. The van der Waals surface area contributed by atoms with Crippen LogP contribution in [0, 0.1) is 0 Å². The van der Waals surface area contributed by atoms with E-state index in [1.165, 1.54) is 0 Å². The standard InChI is InChI=1S/C10H20Cl2O6Si/c1-14-19(15-2,16-3)8-4-7-17-9(5-6-11)18-10(12)13/h9H,4-8H2,1-3H3. The van der Waals surface area contributed by atoms with Gasteiger partial charge in [-0.2, -0.15) is 0 Å². The van der Waals surface area contributed by atoms with Crippen molar-refractivity contribution in [1.82, 2.24) is 0 Å². The first kappa shape index (κ1) is 19.1. The first-order valence-corrected chi connectivity index (χ1v) is 8.57. The first-order valence-electron chi connectivity index (χ1n) is 5.72. The maximum absolute atomic E-state index is 10.6. The molecule has 0 bridgehead atoms. The minimum absolute atomic E-state index is 0.307. The average Bonchev–Trinajstić information content (AvgIpc) is 2.39. The molecule has 0 aromatic rings. The molecule has 19 heavy (non-hydrogen) atoms. The second kappa shape index (κ2) is 10.8. The number of carbonyl (C=O) groups excluding carboxylic acids is 1. The fourth-order valence-corrected chi connectivity index (χ4v) is 3.40. The van der Waals surface area contributed by atoms with Crippen molar-refractivity contribution in [1.29, 1.82) is 0 Å². The smallest absolute Gasteiger partial charge is 0.424 e. The second-order valence-corrected chi connectivity index (χ2v) is 7.31. The Balaban J connectivity index is 4.01. The molecule has 0 spiro atoms. The van der Waals surface area contributed by atoms with Gasteiger partial charge >= 0.3 is 14.2 Å². The largest absolute Gasteiger partial charge is 0.500 e. The molecule has 0 N–H and O–H groups in total. The summed E-state index contributed by atoms with van der Waals surface area (Å²) in [5.41, 5.74) is -0.912. The Morgan fingerprint density at radius 2 is 1.79 bits per heavy atom. The Morgan fingerprint density at radius 1 is 1.21 bits per heavy atom. The lowest BCUT2D eigenvalue weighted by molar-refractivity contribution is -0.0980. The molecule has 0 heterocycles. The van der Waals surface area contributed by atoms with Gasteiger partial charge < -0.3 is 22.8 Å². The Bertz CT molecular complexity index is 244. The van der Waals surface area contributed by atoms with Crippen molar-refractivity contribution >= 4 is 37.4 Å². The fourth-order valence-electron chi connectivity index (χ4n) is 1.43. The van der Waals surface area contributed by atoms with Crippen LogP contribution in [0.3, 0.4) is 0 Å². The van der Waals surface area contributed by atoms with Gasteiger partial charge in [0, 0.05) is 51.3 Å². The van der Waals surface area contributed by atoms with Gasteiger partial charge in [-0.25, -0.2) is 4.79 Å². The minimum Gasteiger partial charge on any atom is -0.424 e. The molecule has 6 nitrogen and oxygen atoms in total. The molecule has 0 radical (unpaired) electrons. The Hall–Kier alpha value is 0.107. The van der Waals surface area contributed by atoms with Crippen LogP contribution in [0.15, 0.2) is 0 Å². The molecule has 1 atom stereocenters. The summed E-state index contributed by atoms with van der Waals surface area (Å²) in [4.78, 5) is 10.6. The molecular formula is C10H20Cl2O6Si. The summed E-state index contributed by atoms with van der Waals surface area (Å²) in [6.45, 7) is 0.358. The first-order chi connectivity index (χ1) is 9.03. The van der Waals surface area contributed by atoms with Crippen molar-refractivity contribution < 1.29 is 27.5 Å². The van der Waals surface area contributed by atoms with Crippen LogP contribution in [0.1, 0.15) is 12.8 Å². The van der Waals surface area contributed by atoms with E-state index < -0.39 is 20.5 Å². The van der Waals surface area contributed by atoms with E-state index in [0.717, 1.165) is 0 Å². The lowest BCUT2D eigenvalue weighted by Gasteiger charge is -2.24. The zero-order chi connectivity index (χ0) is 14.7. The molecular weight excluding hydrogens is 315 g/mol. The fraction of sp³-hybridized carbons (Fsp3) is 0.900. The molecule has 0 saturated carbocycles. The van der Waals surface area contributed by atoms with E-state index in [1.807, 2.05) is 0 Å². The Morgan fingerprint density at radius 3 is 2.21 bits per heavy atom. The summed E-state index contributed by atoms with van der Waals surface area (Å²) in [5, 5.41) is 0. The van der Waals surface area contributed by atoms with Crippen LogP contribution in [0.2, 0.25) is 6.04 Å². The number of ether oxygens (including phenoxy) is 2. The van der Waals surface area contributed by atoms with Crippen molar-refractivity contribution in [2.24, 2.45) is 0 Å². The zero-order valence-corrected chi connectivity index (χ0v) is 13.8. The van der Waals surface area contributed by atoms with Crippen molar-refractivity contribution in [3.8, 4) is 0 Å². The molecule has 0 fully saturated rings. The number of halogens is 2. The summed E-state index contributed by atoms with van der Waals surface area (Å²) in [6, 6.07) is 0.596. The minimum atomic E-state index is -2.58. The van der Waals surface area contributed by atoms with E-state index >= 15 is 0 Å². The third-order valence-electron chi connectivity index (χ3n) is 2.43. The lowest BCUT2D eigenvalue weighted by atomic mass is 10.4. The van der Waals surface area contributed by atoms with Gasteiger partial charge in [-0.3, -0.25) is 0 Å². The van der Waals surface area contributed by atoms with Gasteiger partial charge in [0.1, 0.15) is 0 Å². The molecule has 0 aliphatic rings. The van der Waals surface area contributed by atoms with Gasteiger partial charge in [0.2, 0.25) is 6.29 Å². The summed E-state index contributed by atoms with van der Waals surface area (Å²) in [6.07, 6.45) is 0.285. The van der Waals surface area contributed by atoms with Crippen LogP contribution in [0.25, 0.3) is 0 Å². The number of alkyl halides is 1. The number of carbonyl (C=O) groups is 1. The van der Waals surface area contributed by atoms with Crippen molar-refractivity contribution in [3.05, 3.63) is 0 Å². The molecule has 1 unspecified atom stereocenters. The maximum atomic E-state index is 10.6. The van der Waals surface area contributed by atoms with Gasteiger partial charge in [-0.05, 0) is 6.42 Å². The van der Waals surface area contributed by atoms with Crippen molar-refractivity contribution in [2.75, 3.05) is 33.8 Å². The van der Waals surface area contributed by atoms with Crippen LogP contribution in [-0.4, -0.2) is 54.3 Å². The van der Waals surface area contributed by atoms with Crippen LogP contribution < -0.4 is 0 Å². The Labute approximate surface area is 124 Å². The van der Waals surface area contributed by atoms with E-state index in [9.17, 15) is 4.79 Å². The summed E-state index contributed by atoms with van der Waals surface area (Å²) in [5.74, 6) is 0.307. The van der Waals surface area contributed by atoms with Crippen molar-refractivity contribution in [2.45, 2.75) is 25.2 Å². The quantitative estimate of drug-likeness (QED) is 0.190. The van der Waals surface area contributed by atoms with Crippen LogP contribution >= 0.6 is 23.2 Å². The topological polar surface area (TPSA) is 63.2 Å². The number of hydrogen-bond donors (Lipinski definition) is 0. The van der Waals surface area contributed by atoms with Gasteiger partial charge in [-0.15, -0.1) is 11.6 Å². The molecule has 0 rings (SSSR count). The normalized spacial score (nSPS) is 13.3. The molecule has 0 amide bonds. The third kappa shape index (κ3) is 8.08. The highest BCUT2D eigenvalue weighted by molar-refractivity contribution is 6.61. The van der Waals surface area contributed by atoms with E-state index in [-0.39, 0.29) is 0 Å². The summed E-state index contributed by atoms with van der Waals surface area (Å²) in [7, 11) is 2.06. The molecule has 0 saturated heterocycles. The van der Waals surface area contributed by atoms with Crippen LogP contribution in [0.5, 0.6) is 0 Å². The Kier molecular flexibility index (Phi) is 10.9. The number of hydrogen-bond acceptors (Lipinski definition) is 6. The van der Waals surface area contributed by atoms with E-state index in [0.29, 0.717) is 31.4 Å². The zero-order valence-electron chi connectivity index (χ0n) is 11.3. The molecule has 0 aliphatic heterocycles. The summed E-state index contributed by atoms with van der Waals surface area (Å²) < 4.78 is 25.9. The van der Waals surface area contributed by atoms with Gasteiger partial charge in [0.25, 0.3) is 0 Å². The van der Waals surface area contributed by atoms with E-state index in [2.05, 4.69) is 0 Å². The highest BCUT2D eigenvalue weighted by Crippen LogP contribution is 2.15. The van der Waals surface area contributed by atoms with Gasteiger partial charge in [0.05, 0.1) is 6.61 Å². The molecule has 114 valence electrons. The monoisotopic (exact) mass is 334 g/mol. The maximum Gasteiger partial charge on any atom is 0.500 e. The molecule has 0 aliphatic carbocycles. The van der Waals surface area contributed by atoms with Gasteiger partial charge in [-0.1, -0.05) is 0 Å². The highest BCUT2D eigenvalue weighted by Gasteiger charge is 2.36. The third-order valence-corrected chi connectivity index (χ3v) is 5.57. The van der Waals surface area contributed by atoms with Crippen LogP contribution in [-0.2, 0) is 22.8 Å². The predicted octanol–water partition coefficient (Wildman–Crippen LogP) is 2.60. The van der Waals surface area contributed by atoms with E-state index in [1.54, 1.807) is 21.3 Å². The molecule has 0 aromatic heterocycles. The van der Waals surface area contributed by atoms with Crippen molar-refractivity contribution in [3.63, 3.8) is 0 Å². The average molecular weight is 335 g/mol. The number of rotatable bonds is 11. The van der Waals surface area contributed by atoms with Gasteiger partial charge in [0.15, 0.2) is 0 Å². The molecule has 9 heteroatoms. The molecule has 0 aromatic carbocycles. The second-order valence-electron chi connectivity index (χ2n) is 3.53.